The van der Waals surface area contributed by atoms with E-state index in [1.807, 2.05) is 53.2 Å². The van der Waals surface area contributed by atoms with E-state index in [0.717, 1.165) is 19.4 Å². The van der Waals surface area contributed by atoms with Crippen LogP contribution in [0.15, 0.2) is 70.4 Å². The number of amides is 1. The van der Waals surface area contributed by atoms with Crippen LogP contribution in [-0.2, 0) is 0 Å². The second-order valence-corrected chi connectivity index (χ2v) is 7.41. The number of hydrogen-bond acceptors (Lipinski definition) is 3. The van der Waals surface area contributed by atoms with Gasteiger partial charge in [-0.05, 0) is 77.2 Å². The zero-order valence-electron chi connectivity index (χ0n) is 13.8. The summed E-state index contributed by atoms with van der Waals surface area (Å²) in [5.74, 6) is 0.365. The minimum absolute atomic E-state index is 0.294. The molecule has 5 nitrogen and oxygen atoms in total. The summed E-state index contributed by atoms with van der Waals surface area (Å²) < 4.78 is 9.18. The molecule has 0 saturated heterocycles. The summed E-state index contributed by atoms with van der Waals surface area (Å²) in [6, 6.07) is 17.1. The summed E-state index contributed by atoms with van der Waals surface area (Å²) in [5.41, 5.74) is 4.90. The number of carbonyl (C=O) groups is 1. The number of aromatic nitrogens is 1. The van der Waals surface area contributed by atoms with Crippen molar-refractivity contribution in [2.45, 2.75) is 0 Å². The van der Waals surface area contributed by atoms with Crippen LogP contribution in [0.1, 0.15) is 16.1 Å². The van der Waals surface area contributed by atoms with Gasteiger partial charge >= 0.3 is 0 Å². The van der Waals surface area contributed by atoms with Gasteiger partial charge in [0.25, 0.3) is 5.91 Å². The van der Waals surface area contributed by atoms with Crippen LogP contribution in [0.25, 0.3) is 5.69 Å². The topological polar surface area (TPSA) is 55.6 Å². The molecule has 1 aromatic heterocycles. The van der Waals surface area contributed by atoms with Gasteiger partial charge in [0.1, 0.15) is 5.75 Å². The maximum absolute atomic E-state index is 12.3. The van der Waals surface area contributed by atoms with Crippen LogP contribution < -0.4 is 10.2 Å². The Morgan fingerprint density at radius 2 is 2.00 bits per heavy atom. The van der Waals surface area contributed by atoms with Gasteiger partial charge in [0.15, 0.2) is 0 Å². The molecule has 26 heavy (non-hydrogen) atoms. The third kappa shape index (κ3) is 4.34. The average Bonchev–Trinajstić information content (AvgIpc) is 3.11. The van der Waals surface area contributed by atoms with Gasteiger partial charge in [0, 0.05) is 21.9 Å². The molecular weight excluding hydrogens is 509 g/mol. The summed E-state index contributed by atoms with van der Waals surface area (Å²) in [6.45, 7) is 0. The molecule has 0 unspecified atom stereocenters. The molecule has 0 spiro atoms. The summed E-state index contributed by atoms with van der Waals surface area (Å²) in [7, 11) is 1.58. The minimum atomic E-state index is -0.294. The Morgan fingerprint density at radius 1 is 1.23 bits per heavy atom. The van der Waals surface area contributed by atoms with Crippen LogP contribution >= 0.6 is 38.5 Å². The molecule has 0 bridgehead atoms. The maximum Gasteiger partial charge on any atom is 0.271 e. The highest BCUT2D eigenvalue weighted by Crippen LogP contribution is 2.21. The van der Waals surface area contributed by atoms with E-state index in [-0.39, 0.29) is 5.91 Å². The standard InChI is InChI=1S/C19H15BrIN3O2/c1-26-18-11-13(4-9-17(18)21)19(25)23-22-12-16-3-2-10-24(16)15-7-5-14(20)6-8-15/h2-12H,1H3,(H,23,25)/b22-12-. The van der Waals surface area contributed by atoms with Gasteiger partial charge in [-0.15, -0.1) is 0 Å². The number of rotatable bonds is 5. The summed E-state index contributed by atoms with van der Waals surface area (Å²) in [5, 5.41) is 4.07. The van der Waals surface area contributed by atoms with Gasteiger partial charge in [-0.3, -0.25) is 4.79 Å². The van der Waals surface area contributed by atoms with Crippen LogP contribution in [0.2, 0.25) is 0 Å². The molecule has 3 rings (SSSR count). The summed E-state index contributed by atoms with van der Waals surface area (Å²) >= 11 is 5.58. The average molecular weight is 524 g/mol. The molecule has 132 valence electrons. The molecule has 0 aliphatic rings. The second kappa shape index (κ2) is 8.50. The Labute approximate surface area is 173 Å². The Kier molecular flexibility index (Phi) is 6.10. The van der Waals surface area contributed by atoms with E-state index in [1.165, 1.54) is 0 Å². The number of hydrogen-bond donors (Lipinski definition) is 1. The molecule has 1 amide bonds. The Hall–Kier alpha value is -2.13. The van der Waals surface area contributed by atoms with E-state index >= 15 is 0 Å². The van der Waals surface area contributed by atoms with Gasteiger partial charge in [-0.25, -0.2) is 5.43 Å². The van der Waals surface area contributed by atoms with E-state index in [0.29, 0.717) is 11.3 Å². The fraction of sp³-hybridized carbons (Fsp3) is 0.0526. The van der Waals surface area contributed by atoms with E-state index in [4.69, 9.17) is 4.74 Å². The van der Waals surface area contributed by atoms with Crippen LogP contribution in [0.5, 0.6) is 5.75 Å². The van der Waals surface area contributed by atoms with E-state index < -0.39 is 0 Å². The molecule has 1 heterocycles. The quantitative estimate of drug-likeness (QED) is 0.301. The van der Waals surface area contributed by atoms with Gasteiger partial charge in [0.2, 0.25) is 0 Å². The van der Waals surface area contributed by atoms with Crippen molar-refractivity contribution in [1.29, 1.82) is 0 Å². The molecule has 0 aliphatic heterocycles. The molecule has 2 aromatic carbocycles. The van der Waals surface area contributed by atoms with Gasteiger partial charge in [0.05, 0.1) is 22.6 Å². The highest BCUT2D eigenvalue weighted by atomic mass is 127. The lowest BCUT2D eigenvalue weighted by Gasteiger charge is -2.07. The third-order valence-corrected chi connectivity index (χ3v) is 5.08. The Bertz CT molecular complexity index is 952. The molecule has 0 saturated carbocycles. The van der Waals surface area contributed by atoms with Crippen LogP contribution in [-0.4, -0.2) is 23.8 Å². The van der Waals surface area contributed by atoms with E-state index in [1.54, 1.807) is 25.5 Å². The predicted molar refractivity (Wildman–Crippen MR) is 114 cm³/mol. The van der Waals surface area contributed by atoms with Crippen molar-refractivity contribution >= 4 is 50.6 Å². The van der Waals surface area contributed by atoms with Gasteiger partial charge in [-0.2, -0.15) is 5.10 Å². The molecule has 3 aromatic rings. The first-order valence-corrected chi connectivity index (χ1v) is 9.56. The summed E-state index contributed by atoms with van der Waals surface area (Å²) in [4.78, 5) is 12.3. The zero-order chi connectivity index (χ0) is 18.5. The van der Waals surface area contributed by atoms with Crippen molar-refractivity contribution in [3.05, 3.63) is 80.1 Å². The van der Waals surface area contributed by atoms with Crippen molar-refractivity contribution in [1.82, 2.24) is 9.99 Å². The number of ether oxygens (including phenoxy) is 1. The fourth-order valence-corrected chi connectivity index (χ4v) is 3.18. The van der Waals surface area contributed by atoms with Crippen LogP contribution in [0.4, 0.5) is 0 Å². The highest BCUT2D eigenvalue weighted by molar-refractivity contribution is 14.1. The van der Waals surface area contributed by atoms with Gasteiger partial charge in [-0.1, -0.05) is 15.9 Å². The van der Waals surface area contributed by atoms with Crippen molar-refractivity contribution in [2.24, 2.45) is 5.10 Å². The number of benzene rings is 2. The third-order valence-electron chi connectivity index (χ3n) is 3.66. The smallest absolute Gasteiger partial charge is 0.271 e. The first kappa shape index (κ1) is 18.7. The van der Waals surface area contributed by atoms with Gasteiger partial charge < -0.3 is 9.30 Å². The molecule has 1 N–H and O–H groups in total. The normalized spacial score (nSPS) is 10.9. The number of carbonyl (C=O) groups excluding carboxylic acids is 1. The zero-order valence-corrected chi connectivity index (χ0v) is 17.6. The Morgan fingerprint density at radius 3 is 2.73 bits per heavy atom. The van der Waals surface area contributed by atoms with Crippen LogP contribution in [0.3, 0.4) is 0 Å². The number of halogens is 2. The first-order valence-electron chi connectivity index (χ1n) is 7.69. The van der Waals surface area contributed by atoms with E-state index in [2.05, 4.69) is 49.0 Å². The SMILES string of the molecule is COc1cc(C(=O)N/N=C\c2cccn2-c2ccc(Br)cc2)ccc1I. The predicted octanol–water partition coefficient (Wildman–Crippen LogP) is 4.62. The lowest BCUT2D eigenvalue weighted by molar-refractivity contribution is 0.0954. The monoisotopic (exact) mass is 523 g/mol. The van der Waals surface area contributed by atoms with Crippen molar-refractivity contribution < 1.29 is 9.53 Å². The number of nitrogens with one attached hydrogen (secondary N) is 1. The molecule has 0 atom stereocenters. The first-order chi connectivity index (χ1) is 12.6. The molecule has 7 heteroatoms. The Balaban J connectivity index is 1.72. The lowest BCUT2D eigenvalue weighted by atomic mass is 10.2. The fourth-order valence-electron chi connectivity index (χ4n) is 2.36. The highest BCUT2D eigenvalue weighted by Gasteiger charge is 2.08. The summed E-state index contributed by atoms with van der Waals surface area (Å²) in [6.07, 6.45) is 3.56. The molecule has 0 radical (unpaired) electrons. The molecule has 0 aliphatic carbocycles. The minimum Gasteiger partial charge on any atom is -0.496 e. The second-order valence-electron chi connectivity index (χ2n) is 5.33. The number of methoxy groups -OCH3 is 1. The van der Waals surface area contributed by atoms with Crippen LogP contribution in [0, 0.1) is 3.57 Å². The van der Waals surface area contributed by atoms with Crippen molar-refractivity contribution in [3.63, 3.8) is 0 Å². The maximum atomic E-state index is 12.3. The molecular formula is C19H15BrIN3O2. The van der Waals surface area contributed by atoms with Crippen molar-refractivity contribution in [2.75, 3.05) is 7.11 Å². The number of nitrogens with zero attached hydrogens (tertiary/aromatic N) is 2. The van der Waals surface area contributed by atoms with Crippen molar-refractivity contribution in [3.8, 4) is 11.4 Å². The molecule has 0 fully saturated rings. The van der Waals surface area contributed by atoms with E-state index in [9.17, 15) is 4.79 Å². The lowest BCUT2D eigenvalue weighted by Crippen LogP contribution is -2.18. The number of hydrazone groups is 1. The largest absolute Gasteiger partial charge is 0.496 e.